The van der Waals surface area contributed by atoms with E-state index in [1.807, 2.05) is 39.5 Å². The molecule has 2 aromatic heterocycles. The van der Waals surface area contributed by atoms with Gasteiger partial charge in [0.05, 0.1) is 11.3 Å². The van der Waals surface area contributed by atoms with E-state index in [0.29, 0.717) is 29.5 Å². The number of carbonyl (C=O) groups is 2. The molecule has 0 saturated carbocycles. The first kappa shape index (κ1) is 27.1. The first-order valence-electron chi connectivity index (χ1n) is 11.5. The molecule has 3 heterocycles. The fraction of sp³-hybridized carbons (Fsp3) is 0.440. The van der Waals surface area contributed by atoms with Crippen molar-refractivity contribution < 1.29 is 23.1 Å². The number of carbonyl (C=O) groups excluding carboxylic acids is 1. The number of amides is 1. The number of aliphatic carboxylic acids is 1. The van der Waals surface area contributed by atoms with E-state index in [2.05, 4.69) is 16.6 Å². The van der Waals surface area contributed by atoms with Crippen LogP contribution in [-0.4, -0.2) is 47.5 Å². The van der Waals surface area contributed by atoms with Crippen molar-refractivity contribution in [2.75, 3.05) is 17.2 Å². The lowest BCUT2D eigenvalue weighted by molar-refractivity contribution is -0.131. The summed E-state index contributed by atoms with van der Waals surface area (Å²) in [5.74, 6) is -1.40. The molecule has 1 aliphatic heterocycles. The molecule has 194 valence electrons. The number of aromatic nitrogens is 2. The number of hydrogen-bond acceptors (Lipinski definition) is 8. The molecule has 0 spiro atoms. The van der Waals surface area contributed by atoms with Crippen LogP contribution < -0.4 is 15.4 Å². The third-order valence-corrected chi connectivity index (χ3v) is 7.20. The minimum Gasteiger partial charge on any atom is -0.478 e. The van der Waals surface area contributed by atoms with Crippen LogP contribution in [0.2, 0.25) is 0 Å². The second kappa shape index (κ2) is 9.53. The highest BCUT2D eigenvalue weighted by molar-refractivity contribution is 7.90. The minimum atomic E-state index is -4.34. The van der Waals surface area contributed by atoms with Crippen molar-refractivity contribution in [1.82, 2.24) is 14.7 Å². The highest BCUT2D eigenvalue weighted by Gasteiger charge is 2.40. The Labute approximate surface area is 211 Å². The van der Waals surface area contributed by atoms with Crippen molar-refractivity contribution in [3.05, 3.63) is 47.2 Å². The van der Waals surface area contributed by atoms with Gasteiger partial charge in [0, 0.05) is 23.6 Å². The molecule has 0 bridgehead atoms. The molecule has 0 radical (unpaired) electrons. The zero-order valence-electron chi connectivity index (χ0n) is 21.4. The maximum absolute atomic E-state index is 13.5. The Morgan fingerprint density at radius 1 is 1.25 bits per heavy atom. The van der Waals surface area contributed by atoms with Gasteiger partial charge >= 0.3 is 5.97 Å². The molecular formula is C25H33N5O5S. The Kier molecular flexibility index (Phi) is 7.18. The molecule has 0 unspecified atom stereocenters. The first-order valence-corrected chi connectivity index (χ1v) is 13.0. The number of carboxylic acid groups (broad SMARTS) is 1. The number of anilines is 2. The van der Waals surface area contributed by atoms with E-state index in [0.717, 1.165) is 12.5 Å². The predicted molar refractivity (Wildman–Crippen MR) is 138 cm³/mol. The molecule has 1 atom stereocenters. The molecule has 0 aromatic carbocycles. The topological polar surface area (TPSA) is 156 Å². The average molecular weight is 516 g/mol. The van der Waals surface area contributed by atoms with Gasteiger partial charge in [0.25, 0.3) is 15.9 Å². The normalized spacial score (nSPS) is 17.9. The number of nitrogens with zero attached hydrogens (tertiary/aromatic N) is 3. The summed E-state index contributed by atoms with van der Waals surface area (Å²) in [5, 5.41) is 8.79. The number of pyridine rings is 2. The van der Waals surface area contributed by atoms with Crippen molar-refractivity contribution in [1.29, 1.82) is 0 Å². The van der Waals surface area contributed by atoms with Crippen LogP contribution in [0.4, 0.5) is 11.6 Å². The van der Waals surface area contributed by atoms with E-state index < -0.39 is 32.3 Å². The Bertz CT molecular complexity index is 1330. The number of carboxylic acids is 1. The summed E-state index contributed by atoms with van der Waals surface area (Å²) in [4.78, 5) is 35.4. The second-order valence-corrected chi connectivity index (χ2v) is 12.4. The molecule has 11 heteroatoms. The molecular weight excluding hydrogens is 482 g/mol. The second-order valence-electron chi connectivity index (χ2n) is 10.8. The quantitative estimate of drug-likeness (QED) is 0.492. The van der Waals surface area contributed by atoms with Gasteiger partial charge in [-0.05, 0) is 56.0 Å². The van der Waals surface area contributed by atoms with Crippen LogP contribution in [0, 0.1) is 5.92 Å². The van der Waals surface area contributed by atoms with Crippen LogP contribution in [0.25, 0.3) is 6.08 Å². The minimum absolute atomic E-state index is 0.00360. The third kappa shape index (κ3) is 5.84. The van der Waals surface area contributed by atoms with Crippen molar-refractivity contribution in [2.45, 2.75) is 63.9 Å². The molecule has 1 fully saturated rings. The van der Waals surface area contributed by atoms with Crippen LogP contribution in [0.3, 0.4) is 0 Å². The highest BCUT2D eigenvalue weighted by atomic mass is 32.2. The number of nitrogens with one attached hydrogen (secondary N) is 1. The van der Waals surface area contributed by atoms with Gasteiger partial charge in [-0.2, -0.15) is 8.42 Å². The molecule has 10 nitrogen and oxygen atoms in total. The van der Waals surface area contributed by atoms with Gasteiger partial charge in [0.2, 0.25) is 0 Å². The van der Waals surface area contributed by atoms with Crippen molar-refractivity contribution in [3.8, 4) is 0 Å². The van der Waals surface area contributed by atoms with Crippen LogP contribution in [-0.2, 0) is 20.2 Å². The molecule has 1 aliphatic rings. The van der Waals surface area contributed by atoms with Gasteiger partial charge < -0.3 is 15.7 Å². The van der Waals surface area contributed by atoms with E-state index in [-0.39, 0.29) is 16.9 Å². The number of nitrogens with two attached hydrogens (primary N) is 1. The molecule has 1 saturated heterocycles. The summed E-state index contributed by atoms with van der Waals surface area (Å²) in [6.07, 6.45) is 3.18. The highest BCUT2D eigenvalue weighted by Crippen LogP contribution is 2.39. The molecule has 0 aliphatic carbocycles. The summed E-state index contributed by atoms with van der Waals surface area (Å²) < 4.78 is 27.9. The Hall–Kier alpha value is -3.47. The molecule has 4 N–H and O–H groups in total. The largest absolute Gasteiger partial charge is 0.478 e. The monoisotopic (exact) mass is 515 g/mol. The van der Waals surface area contributed by atoms with Gasteiger partial charge in [0.1, 0.15) is 11.6 Å². The summed E-state index contributed by atoms with van der Waals surface area (Å²) in [5.41, 5.74) is 5.79. The Balaban J connectivity index is 2.21. The van der Waals surface area contributed by atoms with E-state index in [9.17, 15) is 23.1 Å². The third-order valence-electron chi connectivity index (χ3n) is 5.97. The van der Waals surface area contributed by atoms with E-state index in [1.165, 1.54) is 30.3 Å². The van der Waals surface area contributed by atoms with Gasteiger partial charge in [-0.3, -0.25) is 4.79 Å². The SMILES string of the molecule is C[C@@H]1CN(c2nc(C(C)(C)C)c(C=CC(=O)O)cc2C(=O)NS(=O)(=O)c2cccc(N)n2)C(C)(C)C1. The van der Waals surface area contributed by atoms with Crippen LogP contribution in [0.15, 0.2) is 35.4 Å². The zero-order valence-corrected chi connectivity index (χ0v) is 22.2. The Morgan fingerprint density at radius 3 is 2.44 bits per heavy atom. The predicted octanol–water partition coefficient (Wildman–Crippen LogP) is 3.20. The van der Waals surface area contributed by atoms with Crippen molar-refractivity contribution >= 4 is 39.6 Å². The molecule has 3 rings (SSSR count). The molecule has 36 heavy (non-hydrogen) atoms. The smallest absolute Gasteiger partial charge is 0.328 e. The lowest BCUT2D eigenvalue weighted by atomic mass is 9.87. The summed E-state index contributed by atoms with van der Waals surface area (Å²) in [7, 11) is -4.34. The lowest BCUT2D eigenvalue weighted by Crippen LogP contribution is -2.41. The zero-order chi connectivity index (χ0) is 27.1. The van der Waals surface area contributed by atoms with Gasteiger partial charge in [0.15, 0.2) is 5.03 Å². The lowest BCUT2D eigenvalue weighted by Gasteiger charge is -2.35. The Morgan fingerprint density at radius 2 is 1.92 bits per heavy atom. The van der Waals surface area contributed by atoms with E-state index in [1.54, 1.807) is 0 Å². The van der Waals surface area contributed by atoms with E-state index in [4.69, 9.17) is 10.7 Å². The standard InChI is InChI=1S/C25H33N5O5S/c1-15-13-25(5,6)30(14-15)22-17(12-16(10-11-20(31)32)21(28-22)24(2,3)4)23(33)29-36(34,35)19-9-7-8-18(26)27-19/h7-12,15H,13-14H2,1-6H3,(H2,26,27)(H,29,33)(H,31,32)/t15-/m0/s1. The number of nitrogen functional groups attached to an aromatic ring is 1. The average Bonchev–Trinajstić information content (AvgIpc) is 3.02. The van der Waals surface area contributed by atoms with Gasteiger partial charge in [-0.25, -0.2) is 19.5 Å². The summed E-state index contributed by atoms with van der Waals surface area (Å²) in [6, 6.07) is 5.60. The maximum atomic E-state index is 13.5. The van der Waals surface area contributed by atoms with Crippen LogP contribution in [0.5, 0.6) is 0 Å². The number of hydrogen-bond donors (Lipinski definition) is 3. The van der Waals surface area contributed by atoms with Crippen LogP contribution >= 0.6 is 0 Å². The van der Waals surface area contributed by atoms with Crippen molar-refractivity contribution in [2.24, 2.45) is 5.92 Å². The number of sulfonamides is 1. The summed E-state index contributed by atoms with van der Waals surface area (Å²) in [6.45, 7) is 12.6. The summed E-state index contributed by atoms with van der Waals surface area (Å²) >= 11 is 0. The van der Waals surface area contributed by atoms with Crippen molar-refractivity contribution in [3.63, 3.8) is 0 Å². The molecule has 2 aromatic rings. The number of rotatable bonds is 6. The van der Waals surface area contributed by atoms with Gasteiger partial charge in [-0.15, -0.1) is 0 Å². The maximum Gasteiger partial charge on any atom is 0.328 e. The van der Waals surface area contributed by atoms with E-state index >= 15 is 0 Å². The fourth-order valence-electron chi connectivity index (χ4n) is 4.55. The molecule has 1 amide bonds. The van der Waals surface area contributed by atoms with Gasteiger partial charge in [-0.1, -0.05) is 33.8 Å². The first-order chi connectivity index (χ1) is 16.5. The fourth-order valence-corrected chi connectivity index (χ4v) is 5.49. The van der Waals surface area contributed by atoms with Crippen LogP contribution in [0.1, 0.15) is 69.6 Å².